The van der Waals surface area contributed by atoms with E-state index >= 15 is 0 Å². The minimum absolute atomic E-state index is 0.160. The summed E-state index contributed by atoms with van der Waals surface area (Å²) in [6, 6.07) is 1.23. The Bertz CT molecular complexity index is 1170. The minimum Gasteiger partial charge on any atom is -0.508 e. The largest absolute Gasteiger partial charge is 0.508 e. The second-order valence-corrected chi connectivity index (χ2v) is 12.2. The lowest BCUT2D eigenvalue weighted by Crippen LogP contribution is -2.39. The lowest BCUT2D eigenvalue weighted by molar-refractivity contribution is -0.141. The molecule has 0 spiro atoms. The van der Waals surface area contributed by atoms with Crippen molar-refractivity contribution in [3.63, 3.8) is 0 Å². The zero-order chi connectivity index (χ0) is 43.7. The summed E-state index contributed by atoms with van der Waals surface area (Å²) in [4.78, 5) is 60.0. The van der Waals surface area contributed by atoms with Crippen LogP contribution in [-0.2, 0) is 35.2 Å². The van der Waals surface area contributed by atoms with Crippen LogP contribution < -0.4 is 40.1 Å². The summed E-state index contributed by atoms with van der Waals surface area (Å²) in [5, 5.41) is 66.7. The number of thiol groups is 2. The number of benzene rings is 1. The summed E-state index contributed by atoms with van der Waals surface area (Å²) in [6.07, 6.45) is 2.01. The van der Waals surface area contributed by atoms with Crippen molar-refractivity contribution in [1.82, 2.24) is 0 Å². The van der Waals surface area contributed by atoms with Gasteiger partial charge in [-0.25, -0.2) is 0 Å². The molecule has 0 aromatic heterocycles. The minimum atomic E-state index is -1.18. The molecular weight excluding hydrogens is 759 g/mol. The van der Waals surface area contributed by atoms with Gasteiger partial charge in [0.15, 0.2) is 0 Å². The number of aliphatic hydroxyl groups is 1. The summed E-state index contributed by atoms with van der Waals surface area (Å²) in [7, 11) is 0. The third-order valence-corrected chi connectivity index (χ3v) is 6.66. The molecule has 1 rings (SSSR count). The molecule has 22 N–H and O–H groups in total. The molecule has 0 heterocycles. The van der Waals surface area contributed by atoms with Crippen LogP contribution in [0.3, 0.4) is 0 Å². The number of aromatic hydroxyl groups is 1. The second-order valence-electron chi connectivity index (χ2n) is 11.5. The van der Waals surface area contributed by atoms with Gasteiger partial charge in [-0.15, -0.1) is 0 Å². The van der Waals surface area contributed by atoms with Crippen LogP contribution >= 0.6 is 25.3 Å². The van der Waals surface area contributed by atoms with Crippen molar-refractivity contribution < 1.29 is 69.6 Å². The van der Waals surface area contributed by atoms with Crippen molar-refractivity contribution >= 4 is 61.1 Å². The van der Waals surface area contributed by atoms with Crippen LogP contribution in [0.25, 0.3) is 0 Å². The fourth-order valence-corrected chi connectivity index (χ4v) is 2.89. The van der Waals surface area contributed by atoms with Crippen LogP contribution in [0.15, 0.2) is 24.3 Å². The molecule has 1 aromatic rings. The van der Waals surface area contributed by atoms with Crippen LogP contribution in [0.2, 0.25) is 0 Å². The maximum absolute atomic E-state index is 10.4. The van der Waals surface area contributed by atoms with Crippen LogP contribution in [0.1, 0.15) is 52.0 Å². The number of aliphatic hydroxyl groups excluding tert-OH is 1. The van der Waals surface area contributed by atoms with Gasteiger partial charge in [0.2, 0.25) is 0 Å². The van der Waals surface area contributed by atoms with E-state index in [4.69, 9.17) is 81.0 Å². The van der Waals surface area contributed by atoms with Gasteiger partial charge >= 0.3 is 35.8 Å². The molecule has 0 aliphatic carbocycles. The first-order chi connectivity index (χ1) is 24.7. The van der Waals surface area contributed by atoms with E-state index in [1.54, 1.807) is 12.1 Å². The molecule has 7 atom stereocenters. The average molecular weight is 820 g/mol. The molecule has 0 aliphatic heterocycles. The summed E-state index contributed by atoms with van der Waals surface area (Å²) in [6.45, 7) is 5.83. The Morgan fingerprint density at radius 2 is 0.963 bits per heavy atom. The van der Waals surface area contributed by atoms with E-state index in [1.807, 2.05) is 13.8 Å². The van der Waals surface area contributed by atoms with Gasteiger partial charge < -0.3 is 81.0 Å². The molecule has 0 radical (unpaired) electrons. The van der Waals surface area contributed by atoms with E-state index < -0.39 is 78.2 Å². The molecular formula is C31H61N7O14S2. The molecule has 21 nitrogen and oxygen atoms in total. The van der Waals surface area contributed by atoms with Crippen molar-refractivity contribution in [2.75, 3.05) is 18.1 Å². The van der Waals surface area contributed by atoms with Gasteiger partial charge in [0, 0.05) is 11.5 Å². The fourth-order valence-electron chi connectivity index (χ4n) is 2.58. The lowest BCUT2D eigenvalue weighted by atomic mass is 10.1. The van der Waals surface area contributed by atoms with Crippen molar-refractivity contribution in [2.45, 2.75) is 95.2 Å². The third kappa shape index (κ3) is 41.0. The zero-order valence-electron chi connectivity index (χ0n) is 30.5. The second kappa shape index (κ2) is 36.2. The van der Waals surface area contributed by atoms with Gasteiger partial charge in [0.05, 0.1) is 6.10 Å². The number of phenolic OH excluding ortho intramolecular Hbond substituents is 1. The normalized spacial score (nSPS) is 13.7. The highest BCUT2D eigenvalue weighted by atomic mass is 32.1. The Morgan fingerprint density at radius 1 is 0.593 bits per heavy atom. The number of nitrogens with two attached hydrogens (primary N) is 7. The molecule has 54 heavy (non-hydrogen) atoms. The van der Waals surface area contributed by atoms with Crippen molar-refractivity contribution in [3.05, 3.63) is 29.8 Å². The van der Waals surface area contributed by atoms with Crippen LogP contribution in [0, 0.1) is 5.92 Å². The van der Waals surface area contributed by atoms with Gasteiger partial charge in [-0.05, 0) is 62.8 Å². The zero-order valence-corrected chi connectivity index (χ0v) is 32.3. The first kappa shape index (κ1) is 59.5. The molecule has 0 saturated carbocycles. The number of carboxylic acids is 6. The summed E-state index contributed by atoms with van der Waals surface area (Å²) >= 11 is 7.30. The smallest absolute Gasteiger partial charge is 0.323 e. The van der Waals surface area contributed by atoms with Gasteiger partial charge in [0.1, 0.15) is 42.0 Å². The van der Waals surface area contributed by atoms with E-state index in [1.165, 1.54) is 19.1 Å². The van der Waals surface area contributed by atoms with Gasteiger partial charge in [-0.1, -0.05) is 32.4 Å². The number of carbonyl (C=O) groups is 6. The van der Waals surface area contributed by atoms with Crippen molar-refractivity contribution in [2.24, 2.45) is 46.1 Å². The predicted octanol–water partition coefficient (Wildman–Crippen LogP) is -2.25. The molecule has 23 heteroatoms. The molecule has 0 saturated heterocycles. The van der Waals surface area contributed by atoms with Crippen LogP contribution in [0.4, 0.5) is 0 Å². The standard InChI is InChI=1S/C9H11NO3.C6H14N2O2.C6H13NO2.C4H9NO3.2C3H7NO2S/c10-8(9(12)13)5-6-1-3-7(11)4-2-6;7-4-2-1-3-5(8)6(9)10;1-4(2)3-5(7)6(8)9;1-2(6)3(5)4(7)8;2*4-2(1-7)3(5)6/h1-4,8,11H,5,10H2,(H,12,13);5H,1-4,7-8H2,(H,9,10);4-5H,3,7H2,1-2H3,(H,8,9);2-3,6H,5H2,1H3,(H,7,8);2*2,7H,1,4H2,(H,5,6). The number of carboxylic acid groups (broad SMARTS) is 6. The molecule has 7 unspecified atom stereocenters. The van der Waals surface area contributed by atoms with Gasteiger partial charge in [-0.2, -0.15) is 25.3 Å². The fraction of sp³-hybridized carbons (Fsp3) is 0.613. The SMILES string of the molecule is CC(C)CC(N)C(=O)O.CC(O)C(N)C(=O)O.NC(CS)C(=O)O.NC(CS)C(=O)O.NC(Cc1ccc(O)cc1)C(=O)O.NCCCCC(N)C(=O)O. The topological polar surface area (TPSA) is 446 Å². The number of hydrogen-bond acceptors (Lipinski definition) is 17. The Kier molecular flexibility index (Phi) is 39.9. The molecule has 0 aliphatic rings. The maximum atomic E-state index is 10.4. The Labute approximate surface area is 325 Å². The van der Waals surface area contributed by atoms with E-state index in [-0.39, 0.29) is 23.7 Å². The predicted molar refractivity (Wildman–Crippen MR) is 207 cm³/mol. The number of aliphatic carboxylic acids is 6. The van der Waals surface area contributed by atoms with Crippen molar-refractivity contribution in [3.8, 4) is 5.75 Å². The van der Waals surface area contributed by atoms with Gasteiger partial charge in [0.25, 0.3) is 0 Å². The number of phenols is 1. The van der Waals surface area contributed by atoms with Gasteiger partial charge in [-0.3, -0.25) is 28.8 Å². The molecule has 0 amide bonds. The highest BCUT2D eigenvalue weighted by Gasteiger charge is 2.16. The Hall–Kier alpha value is -3.78. The van der Waals surface area contributed by atoms with E-state index in [2.05, 4.69) is 25.3 Å². The molecule has 0 fully saturated rings. The van der Waals surface area contributed by atoms with E-state index in [9.17, 15) is 28.8 Å². The summed E-state index contributed by atoms with van der Waals surface area (Å²) < 4.78 is 0. The van der Waals surface area contributed by atoms with Crippen LogP contribution in [0.5, 0.6) is 5.75 Å². The lowest BCUT2D eigenvalue weighted by Gasteiger charge is -2.07. The maximum Gasteiger partial charge on any atom is 0.323 e. The highest BCUT2D eigenvalue weighted by Crippen LogP contribution is 2.10. The third-order valence-electron chi connectivity index (χ3n) is 5.87. The Morgan fingerprint density at radius 3 is 1.17 bits per heavy atom. The first-order valence-corrected chi connectivity index (χ1v) is 17.3. The van der Waals surface area contributed by atoms with Crippen molar-refractivity contribution in [1.29, 1.82) is 0 Å². The number of unbranched alkanes of at least 4 members (excludes halogenated alkanes) is 1. The number of rotatable bonds is 17. The quantitative estimate of drug-likeness (QED) is 0.0583. The van der Waals surface area contributed by atoms with E-state index in [0.29, 0.717) is 25.3 Å². The van der Waals surface area contributed by atoms with E-state index in [0.717, 1.165) is 18.4 Å². The molecule has 0 bridgehead atoms. The monoisotopic (exact) mass is 819 g/mol. The Balaban J connectivity index is -0.000000181. The summed E-state index contributed by atoms with van der Waals surface area (Å²) in [5.41, 5.74) is 36.6. The van der Waals surface area contributed by atoms with Crippen LogP contribution in [-0.4, -0.2) is 137 Å². The molecule has 1 aromatic carbocycles. The average Bonchev–Trinajstić information content (AvgIpc) is 3.08. The molecule has 316 valence electrons. The first-order valence-electron chi connectivity index (χ1n) is 16.0. The summed E-state index contributed by atoms with van der Waals surface area (Å²) in [5.74, 6) is -5.16. The highest BCUT2D eigenvalue weighted by molar-refractivity contribution is 7.80. The number of hydrogen-bond donors (Lipinski definition) is 17.